The molecule has 0 spiro atoms. The molecule has 0 saturated heterocycles. The van der Waals surface area contributed by atoms with Crippen molar-refractivity contribution >= 4 is 11.0 Å². The summed E-state index contributed by atoms with van der Waals surface area (Å²) in [6, 6.07) is 15.3. The van der Waals surface area contributed by atoms with Crippen LogP contribution in [-0.4, -0.2) is 15.1 Å². The zero-order valence-corrected chi connectivity index (χ0v) is 12.4. The summed E-state index contributed by atoms with van der Waals surface area (Å²) in [4.78, 5) is 19.1. The number of H-pyrrole nitrogens is 1. The second-order valence-corrected chi connectivity index (χ2v) is 5.35. The first-order valence-corrected chi connectivity index (χ1v) is 7.42. The lowest BCUT2D eigenvalue weighted by molar-refractivity contribution is 0.178. The molecule has 0 radical (unpaired) electrons. The number of aromatic amines is 1. The van der Waals surface area contributed by atoms with Gasteiger partial charge in [-0.15, -0.1) is 0 Å². The third-order valence-corrected chi connectivity index (χ3v) is 3.77. The number of aryl methyl sites for hydroxylation is 1. The summed E-state index contributed by atoms with van der Waals surface area (Å²) in [6.45, 7) is 1.91. The van der Waals surface area contributed by atoms with Gasteiger partial charge >= 0.3 is 0 Å². The van der Waals surface area contributed by atoms with E-state index in [9.17, 15) is 9.90 Å². The number of hydrogen-bond acceptors (Lipinski definition) is 3. The van der Waals surface area contributed by atoms with Crippen LogP contribution in [0, 0.1) is 0 Å². The summed E-state index contributed by atoms with van der Waals surface area (Å²) in [6.07, 6.45) is 0.547. The molecule has 0 bridgehead atoms. The molecule has 1 aromatic heterocycles. The van der Waals surface area contributed by atoms with E-state index in [1.165, 1.54) is 0 Å². The smallest absolute Gasteiger partial charge is 0.270 e. The van der Waals surface area contributed by atoms with Crippen LogP contribution in [0.2, 0.25) is 0 Å². The minimum Gasteiger partial charge on any atom is -0.388 e. The van der Waals surface area contributed by atoms with Gasteiger partial charge in [-0.2, -0.15) is 0 Å². The Bertz CT molecular complexity index is 841. The van der Waals surface area contributed by atoms with Crippen LogP contribution < -0.4 is 5.56 Å². The molecule has 0 saturated carbocycles. The van der Waals surface area contributed by atoms with Crippen molar-refractivity contribution in [1.29, 1.82) is 0 Å². The van der Waals surface area contributed by atoms with Crippen molar-refractivity contribution in [2.75, 3.05) is 0 Å². The fourth-order valence-electron chi connectivity index (χ4n) is 2.55. The number of hydrogen-bond donors (Lipinski definition) is 2. The number of aromatic nitrogens is 2. The summed E-state index contributed by atoms with van der Waals surface area (Å²) in [5, 5.41) is 10.3. The third kappa shape index (κ3) is 2.92. The van der Waals surface area contributed by atoms with E-state index in [1.807, 2.05) is 55.5 Å². The number of rotatable bonds is 4. The quantitative estimate of drug-likeness (QED) is 0.777. The van der Waals surface area contributed by atoms with E-state index >= 15 is 0 Å². The van der Waals surface area contributed by atoms with Gasteiger partial charge in [-0.1, -0.05) is 43.3 Å². The lowest BCUT2D eigenvalue weighted by atomic mass is 10.0. The predicted molar refractivity (Wildman–Crippen MR) is 86.8 cm³/mol. The standard InChI is InChI=1S/C18H18N2O2/c1-2-14-18(22)20-16-10-12(8-9-15(16)19-14)11-17(21)13-6-4-3-5-7-13/h3-10,17,21H,2,11H2,1H3,(H,20,22). The van der Waals surface area contributed by atoms with Gasteiger partial charge in [-0.05, 0) is 29.7 Å². The Hall–Kier alpha value is -2.46. The number of nitrogens with zero attached hydrogens (tertiary/aromatic N) is 1. The minimum absolute atomic E-state index is 0.143. The van der Waals surface area contributed by atoms with Crippen molar-refractivity contribution in [1.82, 2.24) is 9.97 Å². The van der Waals surface area contributed by atoms with Crippen LogP contribution >= 0.6 is 0 Å². The highest BCUT2D eigenvalue weighted by molar-refractivity contribution is 5.74. The maximum atomic E-state index is 11.9. The second kappa shape index (κ2) is 6.12. The van der Waals surface area contributed by atoms with E-state index < -0.39 is 6.10 Å². The molecule has 1 heterocycles. The van der Waals surface area contributed by atoms with Crippen molar-refractivity contribution < 1.29 is 5.11 Å². The molecule has 1 unspecified atom stereocenters. The first-order chi connectivity index (χ1) is 10.7. The zero-order chi connectivity index (χ0) is 15.5. The molecule has 0 aliphatic heterocycles. The molecule has 4 heteroatoms. The van der Waals surface area contributed by atoms with E-state index in [0.717, 1.165) is 16.6 Å². The molecule has 3 rings (SSSR count). The lowest BCUT2D eigenvalue weighted by Crippen LogP contribution is -2.14. The Morgan fingerprint density at radius 3 is 2.68 bits per heavy atom. The molecule has 0 amide bonds. The maximum Gasteiger partial charge on any atom is 0.270 e. The van der Waals surface area contributed by atoms with Gasteiger partial charge in [0.1, 0.15) is 5.69 Å². The van der Waals surface area contributed by atoms with E-state index in [4.69, 9.17) is 0 Å². The van der Waals surface area contributed by atoms with Crippen LogP contribution in [0.1, 0.15) is 29.8 Å². The third-order valence-electron chi connectivity index (χ3n) is 3.77. The number of nitrogens with one attached hydrogen (secondary N) is 1. The number of aliphatic hydroxyl groups excluding tert-OH is 1. The largest absolute Gasteiger partial charge is 0.388 e. The molecule has 2 aromatic carbocycles. The van der Waals surface area contributed by atoms with Crippen molar-refractivity contribution in [2.45, 2.75) is 25.9 Å². The van der Waals surface area contributed by atoms with Gasteiger partial charge in [0.25, 0.3) is 5.56 Å². The van der Waals surface area contributed by atoms with Gasteiger partial charge in [-0.3, -0.25) is 4.79 Å². The van der Waals surface area contributed by atoms with Crippen LogP contribution in [0.5, 0.6) is 0 Å². The highest BCUT2D eigenvalue weighted by atomic mass is 16.3. The molecule has 3 aromatic rings. The molecular weight excluding hydrogens is 276 g/mol. The van der Waals surface area contributed by atoms with Crippen molar-refractivity contribution in [2.24, 2.45) is 0 Å². The molecule has 0 aliphatic rings. The molecule has 4 nitrogen and oxygen atoms in total. The Morgan fingerprint density at radius 1 is 1.18 bits per heavy atom. The van der Waals surface area contributed by atoms with E-state index in [1.54, 1.807) is 0 Å². The topological polar surface area (TPSA) is 66.0 Å². The summed E-state index contributed by atoms with van der Waals surface area (Å²) in [5.41, 5.74) is 3.73. The first kappa shape index (κ1) is 14.5. The van der Waals surface area contributed by atoms with Gasteiger partial charge in [0, 0.05) is 6.42 Å². The van der Waals surface area contributed by atoms with Gasteiger partial charge in [0.05, 0.1) is 17.1 Å². The molecule has 22 heavy (non-hydrogen) atoms. The fraction of sp³-hybridized carbons (Fsp3) is 0.222. The molecular formula is C18H18N2O2. The van der Waals surface area contributed by atoms with Gasteiger partial charge < -0.3 is 10.1 Å². The van der Waals surface area contributed by atoms with Gasteiger partial charge in [0.2, 0.25) is 0 Å². The van der Waals surface area contributed by atoms with E-state index in [-0.39, 0.29) is 5.56 Å². The first-order valence-electron chi connectivity index (χ1n) is 7.42. The van der Waals surface area contributed by atoms with Crippen molar-refractivity contribution in [3.8, 4) is 0 Å². The van der Waals surface area contributed by atoms with Gasteiger partial charge in [-0.25, -0.2) is 4.98 Å². The Kier molecular flexibility index (Phi) is 4.02. The SMILES string of the molecule is CCc1nc2ccc(CC(O)c3ccccc3)cc2[nH]c1=O. The minimum atomic E-state index is -0.562. The second-order valence-electron chi connectivity index (χ2n) is 5.35. The van der Waals surface area contributed by atoms with E-state index in [0.29, 0.717) is 24.1 Å². The highest BCUT2D eigenvalue weighted by Crippen LogP contribution is 2.20. The molecule has 0 aliphatic carbocycles. The summed E-state index contributed by atoms with van der Waals surface area (Å²) in [5.74, 6) is 0. The zero-order valence-electron chi connectivity index (χ0n) is 12.4. The van der Waals surface area contributed by atoms with Crippen LogP contribution in [0.3, 0.4) is 0 Å². The molecule has 112 valence electrons. The average molecular weight is 294 g/mol. The predicted octanol–water partition coefficient (Wildman–Crippen LogP) is 2.76. The summed E-state index contributed by atoms with van der Waals surface area (Å²) < 4.78 is 0. The van der Waals surface area contributed by atoms with Crippen molar-refractivity contribution in [3.05, 3.63) is 75.7 Å². The normalized spacial score (nSPS) is 12.5. The van der Waals surface area contributed by atoms with E-state index in [2.05, 4.69) is 9.97 Å². The Morgan fingerprint density at radius 2 is 1.95 bits per heavy atom. The lowest BCUT2D eigenvalue weighted by Gasteiger charge is -2.11. The molecule has 0 fully saturated rings. The Balaban J connectivity index is 1.90. The van der Waals surface area contributed by atoms with Crippen molar-refractivity contribution in [3.63, 3.8) is 0 Å². The highest BCUT2D eigenvalue weighted by Gasteiger charge is 2.09. The van der Waals surface area contributed by atoms with Gasteiger partial charge in [0.15, 0.2) is 0 Å². The Labute approximate surface area is 128 Å². The van der Waals surface area contributed by atoms with Crippen LogP contribution in [0.4, 0.5) is 0 Å². The van der Waals surface area contributed by atoms with Crippen LogP contribution in [0.15, 0.2) is 53.3 Å². The van der Waals surface area contributed by atoms with Crippen LogP contribution in [0.25, 0.3) is 11.0 Å². The molecule has 2 N–H and O–H groups in total. The maximum absolute atomic E-state index is 11.9. The number of benzene rings is 2. The summed E-state index contributed by atoms with van der Waals surface area (Å²) in [7, 11) is 0. The van der Waals surface area contributed by atoms with Crippen LogP contribution in [-0.2, 0) is 12.8 Å². The number of fused-ring (bicyclic) bond motifs is 1. The summed E-state index contributed by atoms with van der Waals surface area (Å²) >= 11 is 0. The average Bonchev–Trinajstić information content (AvgIpc) is 2.55. The number of aliphatic hydroxyl groups is 1. The fourth-order valence-corrected chi connectivity index (χ4v) is 2.55. The molecule has 1 atom stereocenters. The monoisotopic (exact) mass is 294 g/mol.